The maximum atomic E-state index is 13.7. The van der Waals surface area contributed by atoms with Gasteiger partial charge in [0.05, 0.1) is 6.54 Å². The number of rotatable bonds is 5. The van der Waals surface area contributed by atoms with Gasteiger partial charge in [-0.05, 0) is 31.0 Å². The van der Waals surface area contributed by atoms with Crippen LogP contribution in [0.4, 0.5) is 8.78 Å². The summed E-state index contributed by atoms with van der Waals surface area (Å²) in [6.45, 7) is 7.61. The fourth-order valence-electron chi connectivity index (χ4n) is 2.21. The second kappa shape index (κ2) is 5.70. The summed E-state index contributed by atoms with van der Waals surface area (Å²) in [4.78, 5) is 0. The Bertz CT molecular complexity index is 575. The fraction of sp³-hybridized carbons (Fsp3) is 0.467. The van der Waals surface area contributed by atoms with Gasteiger partial charge in [-0.25, -0.2) is 4.39 Å². The quantitative estimate of drug-likeness (QED) is 0.885. The average molecular weight is 267 g/mol. The Morgan fingerprint density at radius 3 is 2.63 bits per heavy atom. The van der Waals surface area contributed by atoms with E-state index in [0.717, 1.165) is 24.6 Å². The van der Waals surface area contributed by atoms with Crippen molar-refractivity contribution in [2.45, 2.75) is 33.7 Å². The highest BCUT2D eigenvalue weighted by Crippen LogP contribution is 2.29. The van der Waals surface area contributed by atoms with Crippen molar-refractivity contribution in [3.63, 3.8) is 0 Å². The average Bonchev–Trinajstić information content (AvgIpc) is 2.72. The van der Waals surface area contributed by atoms with Crippen molar-refractivity contribution < 1.29 is 13.2 Å². The van der Waals surface area contributed by atoms with Gasteiger partial charge in [-0.2, -0.15) is 4.39 Å². The van der Waals surface area contributed by atoms with Gasteiger partial charge < -0.3 is 9.73 Å². The van der Waals surface area contributed by atoms with E-state index in [9.17, 15) is 8.78 Å². The summed E-state index contributed by atoms with van der Waals surface area (Å²) in [6, 6.07) is 2.74. The van der Waals surface area contributed by atoms with E-state index in [1.807, 2.05) is 6.92 Å². The van der Waals surface area contributed by atoms with Gasteiger partial charge in [-0.1, -0.05) is 20.8 Å². The zero-order chi connectivity index (χ0) is 14.0. The Hall–Kier alpha value is -1.42. The van der Waals surface area contributed by atoms with E-state index in [2.05, 4.69) is 19.2 Å². The van der Waals surface area contributed by atoms with Gasteiger partial charge in [0.25, 0.3) is 0 Å². The van der Waals surface area contributed by atoms with E-state index < -0.39 is 11.6 Å². The van der Waals surface area contributed by atoms with Crippen molar-refractivity contribution in [1.82, 2.24) is 5.32 Å². The molecule has 0 atom stereocenters. The third-order valence-corrected chi connectivity index (χ3v) is 3.13. The summed E-state index contributed by atoms with van der Waals surface area (Å²) in [5.74, 6) is -0.542. The Kier molecular flexibility index (Phi) is 4.20. The van der Waals surface area contributed by atoms with E-state index in [1.54, 1.807) is 6.07 Å². The maximum Gasteiger partial charge on any atom is 0.201 e. The highest BCUT2D eigenvalue weighted by molar-refractivity contribution is 5.82. The van der Waals surface area contributed by atoms with Crippen molar-refractivity contribution in [2.24, 2.45) is 5.92 Å². The van der Waals surface area contributed by atoms with Crippen LogP contribution in [0, 0.1) is 17.6 Å². The predicted molar refractivity (Wildman–Crippen MR) is 72.1 cm³/mol. The fourth-order valence-corrected chi connectivity index (χ4v) is 2.21. The predicted octanol–water partition coefficient (Wildman–Crippen LogP) is 4.02. The second-order valence-corrected chi connectivity index (χ2v) is 5.12. The third kappa shape index (κ3) is 2.78. The van der Waals surface area contributed by atoms with Gasteiger partial charge in [-0.15, -0.1) is 0 Å². The van der Waals surface area contributed by atoms with E-state index in [1.165, 1.54) is 0 Å². The molecule has 1 heterocycles. The van der Waals surface area contributed by atoms with Crippen molar-refractivity contribution in [1.29, 1.82) is 0 Å². The number of halogens is 2. The van der Waals surface area contributed by atoms with Gasteiger partial charge in [0.15, 0.2) is 11.4 Å². The molecule has 0 bridgehead atoms. The van der Waals surface area contributed by atoms with Crippen molar-refractivity contribution in [3.8, 4) is 0 Å². The lowest BCUT2D eigenvalue weighted by Crippen LogP contribution is -2.19. The van der Waals surface area contributed by atoms with Crippen LogP contribution in [0.2, 0.25) is 0 Å². The van der Waals surface area contributed by atoms with Crippen LogP contribution in [0.1, 0.15) is 32.1 Å². The molecular formula is C15H19F2NO. The molecule has 0 aliphatic carbocycles. The van der Waals surface area contributed by atoms with Gasteiger partial charge in [0.2, 0.25) is 5.82 Å². The lowest BCUT2D eigenvalue weighted by atomic mass is 10.1. The molecule has 0 unspecified atom stereocenters. The first-order chi connectivity index (χ1) is 9.04. The topological polar surface area (TPSA) is 25.2 Å². The van der Waals surface area contributed by atoms with Crippen molar-refractivity contribution >= 4 is 11.0 Å². The van der Waals surface area contributed by atoms with E-state index in [4.69, 9.17) is 4.42 Å². The summed E-state index contributed by atoms with van der Waals surface area (Å²) in [5, 5.41) is 3.93. The molecule has 104 valence electrons. The summed E-state index contributed by atoms with van der Waals surface area (Å²) < 4.78 is 32.4. The van der Waals surface area contributed by atoms with Gasteiger partial charge >= 0.3 is 0 Å². The molecule has 0 radical (unpaired) electrons. The molecule has 1 aromatic carbocycles. The molecule has 2 nitrogen and oxygen atoms in total. The number of furan rings is 1. The van der Waals surface area contributed by atoms with Crippen LogP contribution in [-0.4, -0.2) is 6.54 Å². The Morgan fingerprint density at radius 2 is 2.00 bits per heavy atom. The summed E-state index contributed by atoms with van der Waals surface area (Å²) >= 11 is 0. The Balaban J connectivity index is 2.35. The lowest BCUT2D eigenvalue weighted by molar-refractivity contribution is 0.457. The summed E-state index contributed by atoms with van der Waals surface area (Å²) in [6.07, 6.45) is 0.733. The molecule has 0 aliphatic heterocycles. The van der Waals surface area contributed by atoms with Crippen molar-refractivity contribution in [2.75, 3.05) is 6.54 Å². The highest BCUT2D eigenvalue weighted by Gasteiger charge is 2.17. The van der Waals surface area contributed by atoms with Crippen LogP contribution in [0.25, 0.3) is 11.0 Å². The number of fused-ring (bicyclic) bond motifs is 1. The Morgan fingerprint density at radius 1 is 1.26 bits per heavy atom. The van der Waals surface area contributed by atoms with Crippen LogP contribution in [-0.2, 0) is 13.0 Å². The minimum atomic E-state index is -0.901. The molecule has 0 saturated carbocycles. The molecule has 0 aliphatic rings. The SMILES string of the molecule is CCc1c(CNCC(C)C)oc2c(F)c(F)ccc12. The Labute approximate surface area is 111 Å². The molecule has 0 fully saturated rings. The first-order valence-electron chi connectivity index (χ1n) is 6.63. The molecule has 19 heavy (non-hydrogen) atoms. The van der Waals surface area contributed by atoms with E-state index in [-0.39, 0.29) is 5.58 Å². The number of aryl methyl sites for hydroxylation is 1. The lowest BCUT2D eigenvalue weighted by Gasteiger charge is -2.06. The van der Waals surface area contributed by atoms with Crippen LogP contribution in [0.15, 0.2) is 16.5 Å². The van der Waals surface area contributed by atoms with Crippen molar-refractivity contribution in [3.05, 3.63) is 35.1 Å². The first-order valence-corrected chi connectivity index (χ1v) is 6.63. The third-order valence-electron chi connectivity index (χ3n) is 3.13. The zero-order valence-corrected chi connectivity index (χ0v) is 11.5. The summed E-state index contributed by atoms with van der Waals surface area (Å²) in [5.41, 5.74) is 0.975. The molecular weight excluding hydrogens is 248 g/mol. The first kappa shape index (κ1) is 14.0. The minimum Gasteiger partial charge on any atom is -0.456 e. The van der Waals surface area contributed by atoms with Crippen LogP contribution >= 0.6 is 0 Å². The second-order valence-electron chi connectivity index (χ2n) is 5.12. The standard InChI is InChI=1S/C15H19F2NO/c1-4-10-11-5-6-12(16)14(17)15(11)19-13(10)8-18-7-9(2)3/h5-6,9,18H,4,7-8H2,1-3H3. The number of benzene rings is 1. The molecule has 0 spiro atoms. The monoisotopic (exact) mass is 267 g/mol. The van der Waals surface area contributed by atoms with E-state index >= 15 is 0 Å². The van der Waals surface area contributed by atoms with Gasteiger partial charge in [0, 0.05) is 10.9 Å². The molecule has 4 heteroatoms. The summed E-state index contributed by atoms with van der Waals surface area (Å²) in [7, 11) is 0. The maximum absolute atomic E-state index is 13.7. The van der Waals surface area contributed by atoms with Crippen LogP contribution in [0.5, 0.6) is 0 Å². The molecule has 1 aromatic heterocycles. The normalized spacial score (nSPS) is 11.7. The molecule has 0 saturated heterocycles. The molecule has 1 N–H and O–H groups in total. The highest BCUT2D eigenvalue weighted by atomic mass is 19.2. The van der Waals surface area contributed by atoms with Crippen LogP contribution < -0.4 is 5.32 Å². The van der Waals surface area contributed by atoms with Gasteiger partial charge in [-0.3, -0.25) is 0 Å². The zero-order valence-electron chi connectivity index (χ0n) is 11.5. The van der Waals surface area contributed by atoms with Crippen LogP contribution in [0.3, 0.4) is 0 Å². The number of hydrogen-bond donors (Lipinski definition) is 1. The largest absolute Gasteiger partial charge is 0.456 e. The number of hydrogen-bond acceptors (Lipinski definition) is 2. The minimum absolute atomic E-state index is 0.0261. The molecule has 0 amide bonds. The van der Waals surface area contributed by atoms with E-state index in [0.29, 0.717) is 23.6 Å². The molecule has 2 aromatic rings. The molecule has 2 rings (SSSR count). The smallest absolute Gasteiger partial charge is 0.201 e. The van der Waals surface area contributed by atoms with Gasteiger partial charge in [0.1, 0.15) is 5.76 Å². The number of nitrogens with one attached hydrogen (secondary N) is 1.